The molecule has 17 heteroatoms. The number of aliphatic hydroxyl groups is 3. The molecule has 1 aromatic carbocycles. The third kappa shape index (κ3) is 25.3. The second-order valence-corrected chi connectivity index (χ2v) is 9.52. The summed E-state index contributed by atoms with van der Waals surface area (Å²) >= 11 is 0. The highest BCUT2D eigenvalue weighted by Gasteiger charge is 2.19. The van der Waals surface area contributed by atoms with E-state index in [9.17, 15) is 4.79 Å². The van der Waals surface area contributed by atoms with E-state index in [4.69, 9.17) is 76.9 Å². The van der Waals surface area contributed by atoms with Crippen LogP contribution in [0.4, 0.5) is 0 Å². The summed E-state index contributed by atoms with van der Waals surface area (Å²) in [7, 11) is 1.28. The molecule has 0 fully saturated rings. The number of carbonyl (C=O) groups excluding carboxylic acids is 1. The van der Waals surface area contributed by atoms with E-state index in [2.05, 4.69) is 0 Å². The maximum atomic E-state index is 12.5. The van der Waals surface area contributed by atoms with Crippen molar-refractivity contribution in [1.29, 1.82) is 0 Å². The first-order chi connectivity index (χ1) is 24.2. The summed E-state index contributed by atoms with van der Waals surface area (Å²) < 4.78 is 71.3. The largest absolute Gasteiger partial charge is 0.487 e. The summed E-state index contributed by atoms with van der Waals surface area (Å²) in [4.78, 5) is 12.5. The molecule has 1 aromatic rings. The minimum absolute atomic E-state index is 0.0327. The van der Waals surface area contributed by atoms with Gasteiger partial charge >= 0.3 is 5.97 Å². The van der Waals surface area contributed by atoms with Gasteiger partial charge in [-0.15, -0.1) is 0 Å². The molecule has 1 rings (SSSR count). The molecule has 0 aliphatic carbocycles. The van der Waals surface area contributed by atoms with Gasteiger partial charge in [0.25, 0.3) is 0 Å². The molecule has 0 aliphatic heterocycles. The smallest absolute Gasteiger partial charge is 0.338 e. The number of aliphatic hydroxyl groups excluding tert-OH is 3. The quantitative estimate of drug-likeness (QED) is 0.0602. The van der Waals surface area contributed by atoms with Gasteiger partial charge in [-0.1, -0.05) is 0 Å². The van der Waals surface area contributed by atoms with Crippen molar-refractivity contribution in [2.75, 3.05) is 166 Å². The van der Waals surface area contributed by atoms with E-state index >= 15 is 0 Å². The lowest BCUT2D eigenvalue weighted by Gasteiger charge is -2.18. The molecule has 286 valence electrons. The molecule has 0 atom stereocenters. The van der Waals surface area contributed by atoms with E-state index in [1.807, 2.05) is 0 Å². The van der Waals surface area contributed by atoms with Crippen LogP contribution in [0.2, 0.25) is 0 Å². The molecule has 17 nitrogen and oxygen atoms in total. The Morgan fingerprint density at radius 3 is 0.980 bits per heavy atom. The van der Waals surface area contributed by atoms with Crippen LogP contribution in [0.1, 0.15) is 10.4 Å². The molecule has 0 saturated carbocycles. The molecule has 0 spiro atoms. The number of esters is 1. The zero-order chi connectivity index (χ0) is 35.5. The van der Waals surface area contributed by atoms with Crippen molar-refractivity contribution in [3.05, 3.63) is 17.7 Å². The molecule has 3 N–H and O–H groups in total. The van der Waals surface area contributed by atoms with Gasteiger partial charge in [-0.25, -0.2) is 4.79 Å². The Kier molecular flexibility index (Phi) is 31.0. The molecule has 0 amide bonds. The lowest BCUT2D eigenvalue weighted by atomic mass is 10.2. The van der Waals surface area contributed by atoms with Crippen LogP contribution in [0.25, 0.3) is 0 Å². The van der Waals surface area contributed by atoms with Crippen molar-refractivity contribution in [3.63, 3.8) is 0 Å². The second kappa shape index (κ2) is 34.1. The first-order valence-corrected chi connectivity index (χ1v) is 16.3. The third-order valence-electron chi connectivity index (χ3n) is 5.83. The Morgan fingerprint density at radius 2 is 0.694 bits per heavy atom. The summed E-state index contributed by atoms with van der Waals surface area (Å²) in [5.41, 5.74) is 0.201. The summed E-state index contributed by atoms with van der Waals surface area (Å²) in [5, 5.41) is 26.1. The lowest BCUT2D eigenvalue weighted by Crippen LogP contribution is -2.16. The number of hydrogen-bond donors (Lipinski definition) is 3. The first kappa shape index (κ1) is 44.6. The molecular formula is C32H56O17. The van der Waals surface area contributed by atoms with Gasteiger partial charge in [0.1, 0.15) is 19.8 Å². The molecule has 0 heterocycles. The minimum Gasteiger partial charge on any atom is -0.487 e. The van der Waals surface area contributed by atoms with Gasteiger partial charge in [-0.3, -0.25) is 0 Å². The zero-order valence-corrected chi connectivity index (χ0v) is 28.7. The van der Waals surface area contributed by atoms with Crippen molar-refractivity contribution >= 4 is 5.97 Å². The van der Waals surface area contributed by atoms with Crippen molar-refractivity contribution in [3.8, 4) is 17.2 Å². The van der Waals surface area contributed by atoms with Crippen LogP contribution in [-0.4, -0.2) is 187 Å². The van der Waals surface area contributed by atoms with E-state index in [0.717, 1.165) is 0 Å². The first-order valence-electron chi connectivity index (χ1n) is 16.3. The predicted molar refractivity (Wildman–Crippen MR) is 173 cm³/mol. The Balaban J connectivity index is 2.67. The number of carbonyl (C=O) groups is 1. The number of methoxy groups -OCH3 is 1. The minimum atomic E-state index is -0.584. The standard InChI is InChI=1S/C32H56O17/c1-37-32(36)28-26-29(47-23-20-44-17-14-41-11-8-38-5-2-33)31(49-25-22-46-19-16-43-13-10-40-7-4-35)30(27-28)48-24-21-45-18-15-42-12-9-39-6-3-34/h26-27,33-35H,2-25H2,1H3. The van der Waals surface area contributed by atoms with E-state index in [1.165, 1.54) is 19.2 Å². The molecule has 49 heavy (non-hydrogen) atoms. The Labute approximate surface area is 288 Å². The Bertz CT molecular complexity index is 844. The summed E-state index contributed by atoms with van der Waals surface area (Å²) in [6.45, 7) is 6.29. The van der Waals surface area contributed by atoms with Crippen molar-refractivity contribution < 1.29 is 81.7 Å². The predicted octanol–water partition coefficient (Wildman–Crippen LogP) is -0.264. The molecule has 0 radical (unpaired) electrons. The van der Waals surface area contributed by atoms with Crippen molar-refractivity contribution in [2.24, 2.45) is 0 Å². The lowest BCUT2D eigenvalue weighted by molar-refractivity contribution is 0.00155. The van der Waals surface area contributed by atoms with Crippen molar-refractivity contribution in [1.82, 2.24) is 0 Å². The van der Waals surface area contributed by atoms with Gasteiger partial charge in [0.05, 0.1) is 151 Å². The highest BCUT2D eigenvalue weighted by atomic mass is 16.6. The highest BCUT2D eigenvalue weighted by Crippen LogP contribution is 2.39. The summed E-state index contributed by atoms with van der Waals surface area (Å²) in [5.74, 6) is 0.190. The van der Waals surface area contributed by atoms with E-state index in [-0.39, 0.29) is 102 Å². The monoisotopic (exact) mass is 712 g/mol. The Morgan fingerprint density at radius 1 is 0.429 bits per heavy atom. The van der Waals surface area contributed by atoms with E-state index in [0.29, 0.717) is 79.3 Å². The van der Waals surface area contributed by atoms with Gasteiger partial charge in [0.15, 0.2) is 11.5 Å². The molecule has 0 aromatic heterocycles. The maximum Gasteiger partial charge on any atom is 0.338 e. The fourth-order valence-electron chi connectivity index (χ4n) is 3.61. The normalized spacial score (nSPS) is 11.2. The van der Waals surface area contributed by atoms with Crippen LogP contribution in [0.5, 0.6) is 17.2 Å². The van der Waals surface area contributed by atoms with Crippen LogP contribution in [0, 0.1) is 0 Å². The van der Waals surface area contributed by atoms with Gasteiger partial charge in [0.2, 0.25) is 5.75 Å². The van der Waals surface area contributed by atoms with Crippen LogP contribution in [0.15, 0.2) is 12.1 Å². The van der Waals surface area contributed by atoms with Crippen LogP contribution >= 0.6 is 0 Å². The summed E-state index contributed by atoms with van der Waals surface area (Å²) in [6, 6.07) is 3.02. The van der Waals surface area contributed by atoms with Crippen LogP contribution in [0.3, 0.4) is 0 Å². The fourth-order valence-corrected chi connectivity index (χ4v) is 3.61. The summed E-state index contributed by atoms with van der Waals surface area (Å²) in [6.07, 6.45) is 0. The number of benzene rings is 1. The maximum absolute atomic E-state index is 12.5. The SMILES string of the molecule is COC(=O)c1cc(OCCOCCOCCOCCO)c(OCCOCCOCCOCCO)c(OCCOCCOCCOCCO)c1. The Hall–Kier alpha value is -2.39. The number of rotatable bonds is 37. The van der Waals surface area contributed by atoms with E-state index < -0.39 is 5.97 Å². The van der Waals surface area contributed by atoms with Crippen LogP contribution in [-0.2, 0) is 47.4 Å². The molecular weight excluding hydrogens is 656 g/mol. The highest BCUT2D eigenvalue weighted by molar-refractivity contribution is 5.91. The zero-order valence-electron chi connectivity index (χ0n) is 28.7. The molecule has 0 bridgehead atoms. The second-order valence-electron chi connectivity index (χ2n) is 9.52. The average Bonchev–Trinajstić information content (AvgIpc) is 3.11. The van der Waals surface area contributed by atoms with Gasteiger partial charge < -0.3 is 76.9 Å². The topological polar surface area (TPSA) is 198 Å². The van der Waals surface area contributed by atoms with Gasteiger partial charge in [0, 0.05) is 0 Å². The van der Waals surface area contributed by atoms with Crippen LogP contribution < -0.4 is 14.2 Å². The third-order valence-corrected chi connectivity index (χ3v) is 5.83. The fraction of sp³-hybridized carbons (Fsp3) is 0.781. The molecule has 0 unspecified atom stereocenters. The van der Waals surface area contributed by atoms with E-state index in [1.54, 1.807) is 0 Å². The molecule has 0 aliphatic rings. The van der Waals surface area contributed by atoms with Gasteiger partial charge in [-0.2, -0.15) is 0 Å². The number of ether oxygens (including phenoxy) is 13. The number of hydrogen-bond acceptors (Lipinski definition) is 17. The average molecular weight is 713 g/mol. The molecule has 0 saturated heterocycles. The van der Waals surface area contributed by atoms with Gasteiger partial charge in [-0.05, 0) is 12.1 Å². The van der Waals surface area contributed by atoms with Crippen molar-refractivity contribution in [2.45, 2.75) is 0 Å².